The van der Waals surface area contributed by atoms with Crippen LogP contribution < -0.4 is 0 Å². The Hall–Kier alpha value is -7.30. The van der Waals surface area contributed by atoms with Gasteiger partial charge in [0.05, 0.1) is 16.7 Å². The average molecular weight is 705 g/mol. The fourth-order valence-corrected chi connectivity index (χ4v) is 7.85. The predicted molar refractivity (Wildman–Crippen MR) is 228 cm³/mol. The van der Waals surface area contributed by atoms with Gasteiger partial charge in [0, 0.05) is 27.6 Å². The van der Waals surface area contributed by atoms with Crippen LogP contribution in [0.25, 0.3) is 89.3 Å². The molecular weight excluding hydrogens is 669 g/mol. The minimum atomic E-state index is 0.698. The average Bonchev–Trinajstić information content (AvgIpc) is 3.85. The molecular formula is C51H36N4. The lowest BCUT2D eigenvalue weighted by molar-refractivity contribution is 0.891. The number of para-hydroxylation sites is 1. The maximum Gasteiger partial charge on any atom is 0.182 e. The molecule has 10 rings (SSSR count). The van der Waals surface area contributed by atoms with Crippen molar-refractivity contribution in [2.24, 2.45) is 0 Å². The van der Waals surface area contributed by atoms with Crippen LogP contribution in [0.3, 0.4) is 0 Å². The van der Waals surface area contributed by atoms with Crippen molar-refractivity contribution in [2.75, 3.05) is 0 Å². The molecule has 0 amide bonds. The first-order valence-electron chi connectivity index (χ1n) is 18.7. The van der Waals surface area contributed by atoms with Gasteiger partial charge in [-0.15, -0.1) is 5.10 Å². The van der Waals surface area contributed by atoms with Gasteiger partial charge in [0.2, 0.25) is 0 Å². The highest BCUT2D eigenvalue weighted by Crippen LogP contribution is 2.39. The first kappa shape index (κ1) is 32.4. The van der Waals surface area contributed by atoms with E-state index in [1.807, 2.05) is 53.2 Å². The lowest BCUT2D eigenvalue weighted by Crippen LogP contribution is -1.99. The molecule has 8 aromatic carbocycles. The number of fused-ring (bicyclic) bond motifs is 3. The van der Waals surface area contributed by atoms with Gasteiger partial charge in [0.15, 0.2) is 11.6 Å². The Morgan fingerprint density at radius 1 is 0.382 bits per heavy atom. The van der Waals surface area contributed by atoms with Gasteiger partial charge in [-0.1, -0.05) is 163 Å². The third-order valence-electron chi connectivity index (χ3n) is 10.5. The van der Waals surface area contributed by atoms with Crippen LogP contribution in [0.4, 0.5) is 0 Å². The summed E-state index contributed by atoms with van der Waals surface area (Å²) in [5.41, 5.74) is 14.9. The van der Waals surface area contributed by atoms with Crippen molar-refractivity contribution in [1.29, 1.82) is 0 Å². The van der Waals surface area contributed by atoms with Crippen LogP contribution in [0.5, 0.6) is 0 Å². The van der Waals surface area contributed by atoms with E-state index in [-0.39, 0.29) is 0 Å². The molecule has 4 nitrogen and oxygen atoms in total. The topological polar surface area (TPSA) is 35.6 Å². The molecule has 4 heteroatoms. The van der Waals surface area contributed by atoms with Crippen LogP contribution in [0.15, 0.2) is 200 Å². The van der Waals surface area contributed by atoms with Crippen molar-refractivity contribution in [3.63, 3.8) is 0 Å². The summed E-state index contributed by atoms with van der Waals surface area (Å²) in [6.45, 7) is 2.16. The van der Waals surface area contributed by atoms with Gasteiger partial charge in [-0.2, -0.15) is 0 Å². The van der Waals surface area contributed by atoms with Crippen LogP contribution in [0.1, 0.15) is 5.56 Å². The number of hydrogen-bond acceptors (Lipinski definition) is 2. The van der Waals surface area contributed by atoms with Gasteiger partial charge in [-0.3, -0.25) is 0 Å². The maximum absolute atomic E-state index is 5.00. The van der Waals surface area contributed by atoms with Crippen LogP contribution in [0, 0.1) is 6.92 Å². The van der Waals surface area contributed by atoms with Crippen molar-refractivity contribution >= 4 is 21.8 Å². The molecule has 0 atom stereocenters. The summed E-state index contributed by atoms with van der Waals surface area (Å²) < 4.78 is 4.33. The normalized spacial score (nSPS) is 11.4. The number of aromatic nitrogens is 4. The molecule has 0 fully saturated rings. The molecule has 0 radical (unpaired) electrons. The van der Waals surface area contributed by atoms with E-state index in [9.17, 15) is 0 Å². The summed E-state index contributed by atoms with van der Waals surface area (Å²) in [7, 11) is 0. The standard InChI is InChI=1S/C51H36N4/c1-35-24-33-49-47(34-35)46-22-12-13-23-48(46)54(49)40-29-25-36(26-30-40)42-18-8-10-20-44(42)45-21-11-9-19-43(45)37-27-31-41(32-28-37)55-51(39-16-6-3-7-17-39)52-50(53-55)38-14-4-2-5-15-38/h2-34H,1H3. The number of nitrogens with zero attached hydrogens (tertiary/aromatic N) is 4. The van der Waals surface area contributed by atoms with Gasteiger partial charge >= 0.3 is 0 Å². The SMILES string of the molecule is Cc1ccc2c(c1)c1ccccc1n2-c1ccc(-c2ccccc2-c2ccccc2-c2ccc(-n3nc(-c4ccccc4)nc3-c3ccccc3)cc2)cc1. The molecule has 0 aliphatic heterocycles. The highest BCUT2D eigenvalue weighted by molar-refractivity contribution is 6.09. The molecule has 2 heterocycles. The van der Waals surface area contributed by atoms with Crippen molar-refractivity contribution in [3.8, 4) is 67.5 Å². The predicted octanol–water partition coefficient (Wildman–Crippen LogP) is 13.0. The third kappa shape index (κ3) is 5.81. The van der Waals surface area contributed by atoms with Crippen molar-refractivity contribution in [3.05, 3.63) is 206 Å². The van der Waals surface area contributed by atoms with E-state index in [4.69, 9.17) is 10.1 Å². The Morgan fingerprint density at radius 3 is 1.53 bits per heavy atom. The van der Waals surface area contributed by atoms with Crippen molar-refractivity contribution in [1.82, 2.24) is 19.3 Å². The molecule has 260 valence electrons. The second-order valence-electron chi connectivity index (χ2n) is 14.0. The number of benzene rings is 8. The fraction of sp³-hybridized carbons (Fsp3) is 0.0196. The molecule has 0 bridgehead atoms. The fourth-order valence-electron chi connectivity index (χ4n) is 7.85. The molecule has 55 heavy (non-hydrogen) atoms. The minimum absolute atomic E-state index is 0.698. The van der Waals surface area contributed by atoms with E-state index in [1.54, 1.807) is 0 Å². The second-order valence-corrected chi connectivity index (χ2v) is 14.0. The first-order valence-corrected chi connectivity index (χ1v) is 18.7. The van der Waals surface area contributed by atoms with Crippen LogP contribution in [0.2, 0.25) is 0 Å². The van der Waals surface area contributed by atoms with Gasteiger partial charge in [-0.25, -0.2) is 9.67 Å². The monoisotopic (exact) mass is 704 g/mol. The Morgan fingerprint density at radius 2 is 0.891 bits per heavy atom. The lowest BCUT2D eigenvalue weighted by Gasteiger charge is -2.16. The van der Waals surface area contributed by atoms with E-state index in [0.717, 1.165) is 33.9 Å². The number of rotatable bonds is 7. The molecule has 0 unspecified atom stereocenters. The minimum Gasteiger partial charge on any atom is -0.309 e. The number of hydrogen-bond donors (Lipinski definition) is 0. The first-order chi connectivity index (χ1) is 27.2. The van der Waals surface area contributed by atoms with E-state index < -0.39 is 0 Å². The molecule has 0 saturated heterocycles. The highest BCUT2D eigenvalue weighted by atomic mass is 15.4. The third-order valence-corrected chi connectivity index (χ3v) is 10.5. The summed E-state index contributed by atoms with van der Waals surface area (Å²) >= 11 is 0. The van der Waals surface area contributed by atoms with Crippen molar-refractivity contribution in [2.45, 2.75) is 6.92 Å². The molecule has 2 aromatic heterocycles. The summed E-state index contributed by atoms with van der Waals surface area (Å²) in [5.74, 6) is 1.50. The van der Waals surface area contributed by atoms with Gasteiger partial charge < -0.3 is 4.57 Å². The quantitative estimate of drug-likeness (QED) is 0.166. The summed E-state index contributed by atoms with van der Waals surface area (Å²) in [6, 6.07) is 70.9. The van der Waals surface area contributed by atoms with E-state index in [2.05, 4.69) is 163 Å². The molecule has 0 N–H and O–H groups in total. The summed E-state index contributed by atoms with van der Waals surface area (Å²) in [6.07, 6.45) is 0. The van der Waals surface area contributed by atoms with Crippen LogP contribution in [-0.4, -0.2) is 19.3 Å². The lowest BCUT2D eigenvalue weighted by atomic mass is 9.89. The zero-order valence-electron chi connectivity index (χ0n) is 30.3. The molecule has 0 aliphatic carbocycles. The maximum atomic E-state index is 5.00. The zero-order chi connectivity index (χ0) is 36.7. The molecule has 0 saturated carbocycles. The van der Waals surface area contributed by atoms with Crippen LogP contribution in [-0.2, 0) is 0 Å². The highest BCUT2D eigenvalue weighted by Gasteiger charge is 2.17. The molecule has 0 aliphatic rings. The Kier molecular flexibility index (Phi) is 8.00. The summed E-state index contributed by atoms with van der Waals surface area (Å²) in [5, 5.41) is 7.55. The van der Waals surface area contributed by atoms with E-state index >= 15 is 0 Å². The Bertz CT molecular complexity index is 2960. The Labute approximate surface area is 320 Å². The van der Waals surface area contributed by atoms with Gasteiger partial charge in [0.1, 0.15) is 0 Å². The van der Waals surface area contributed by atoms with E-state index in [0.29, 0.717) is 5.82 Å². The number of aryl methyl sites for hydroxylation is 1. The zero-order valence-corrected chi connectivity index (χ0v) is 30.3. The van der Waals surface area contributed by atoms with Gasteiger partial charge in [0.25, 0.3) is 0 Å². The van der Waals surface area contributed by atoms with Crippen molar-refractivity contribution < 1.29 is 0 Å². The van der Waals surface area contributed by atoms with Crippen LogP contribution >= 0.6 is 0 Å². The van der Waals surface area contributed by atoms with Gasteiger partial charge in [-0.05, 0) is 82.8 Å². The Balaban J connectivity index is 1.01. The summed E-state index contributed by atoms with van der Waals surface area (Å²) in [4.78, 5) is 5.00. The molecule has 10 aromatic rings. The smallest absolute Gasteiger partial charge is 0.182 e. The second kappa shape index (κ2) is 13.6. The van der Waals surface area contributed by atoms with E-state index in [1.165, 1.54) is 55.2 Å². The molecule has 0 spiro atoms. The largest absolute Gasteiger partial charge is 0.309 e.